The Hall–Kier alpha value is -3.56. The van der Waals surface area contributed by atoms with Gasteiger partial charge in [-0.05, 0) is 29.7 Å². The summed E-state index contributed by atoms with van der Waals surface area (Å²) in [4.78, 5) is 27.0. The number of phenols is 1. The number of amides is 1. The van der Waals surface area contributed by atoms with Crippen LogP contribution in [0.1, 0.15) is 11.1 Å². The Morgan fingerprint density at radius 3 is 2.79 bits per heavy atom. The molecule has 2 heterocycles. The van der Waals surface area contributed by atoms with E-state index in [1.165, 1.54) is 13.2 Å². The molecule has 5 rings (SSSR count). The van der Waals surface area contributed by atoms with E-state index in [2.05, 4.69) is 21.2 Å². The van der Waals surface area contributed by atoms with Gasteiger partial charge >= 0.3 is 5.97 Å². The van der Waals surface area contributed by atoms with Crippen LogP contribution in [0.5, 0.6) is 11.5 Å². The van der Waals surface area contributed by atoms with Crippen molar-refractivity contribution in [1.82, 2.24) is 0 Å². The summed E-state index contributed by atoms with van der Waals surface area (Å²) in [5.74, 6) is -1.66. The van der Waals surface area contributed by atoms with Crippen molar-refractivity contribution in [3.63, 3.8) is 0 Å². The molecule has 9 heteroatoms. The summed E-state index contributed by atoms with van der Waals surface area (Å²) >= 11 is 3.44. The maximum atomic E-state index is 13.7. The number of benzene rings is 3. The summed E-state index contributed by atoms with van der Waals surface area (Å²) in [5, 5.41) is 15.3. The Morgan fingerprint density at radius 2 is 2.00 bits per heavy atom. The number of methoxy groups -OCH3 is 1. The average molecular weight is 511 g/mol. The SMILES string of the molecule is COCCOC(=O)C1=C(N)Oc2c(c(O)cc3ccccc23)C12C(=O)Nc1ccc(Br)cc12. The molecule has 0 bridgehead atoms. The number of ether oxygens (including phenoxy) is 3. The van der Waals surface area contributed by atoms with E-state index < -0.39 is 17.3 Å². The lowest BCUT2D eigenvalue weighted by Gasteiger charge is -2.36. The Kier molecular flexibility index (Phi) is 5.02. The standard InChI is InChI=1S/C24H19BrN2O6/c1-31-8-9-32-22(29)19-21(26)33-20-14-5-3-2-4-12(14)10-17(28)18(20)24(19)15-11-13(25)6-7-16(15)27-23(24)30/h2-7,10-11,28H,8-9,26H2,1H3,(H,27,30). The number of esters is 1. The van der Waals surface area contributed by atoms with Crippen LogP contribution in [-0.2, 0) is 24.5 Å². The van der Waals surface area contributed by atoms with Crippen molar-refractivity contribution in [1.29, 1.82) is 0 Å². The number of aromatic hydroxyl groups is 1. The van der Waals surface area contributed by atoms with E-state index in [1.807, 2.05) is 12.1 Å². The fourth-order valence-corrected chi connectivity index (χ4v) is 4.91. The minimum atomic E-state index is -1.78. The molecule has 1 atom stereocenters. The second-order valence-electron chi connectivity index (χ2n) is 7.69. The Labute approximate surface area is 197 Å². The van der Waals surface area contributed by atoms with Crippen LogP contribution in [0.25, 0.3) is 10.8 Å². The average Bonchev–Trinajstić information content (AvgIpc) is 3.05. The predicted molar refractivity (Wildman–Crippen MR) is 124 cm³/mol. The van der Waals surface area contributed by atoms with Crippen LogP contribution in [0.4, 0.5) is 5.69 Å². The lowest BCUT2D eigenvalue weighted by atomic mass is 9.67. The molecule has 2 aliphatic heterocycles. The van der Waals surface area contributed by atoms with Crippen molar-refractivity contribution in [2.75, 3.05) is 25.6 Å². The number of halogens is 1. The minimum Gasteiger partial charge on any atom is -0.507 e. The molecule has 4 N–H and O–H groups in total. The molecule has 0 radical (unpaired) electrons. The smallest absolute Gasteiger partial charge is 0.341 e. The van der Waals surface area contributed by atoms with Crippen molar-refractivity contribution in [2.45, 2.75) is 5.41 Å². The Bertz CT molecular complexity index is 1370. The number of hydrogen-bond donors (Lipinski definition) is 3. The highest BCUT2D eigenvalue weighted by Crippen LogP contribution is 2.58. The van der Waals surface area contributed by atoms with Gasteiger partial charge in [0.05, 0.1) is 12.2 Å². The van der Waals surface area contributed by atoms with Gasteiger partial charge in [-0.25, -0.2) is 4.79 Å². The second kappa shape index (κ2) is 7.79. The number of fused-ring (bicyclic) bond motifs is 6. The molecule has 0 aliphatic carbocycles. The highest BCUT2D eigenvalue weighted by atomic mass is 79.9. The Balaban J connectivity index is 1.87. The molecule has 3 aromatic rings. The molecule has 0 saturated carbocycles. The lowest BCUT2D eigenvalue weighted by molar-refractivity contribution is -0.142. The highest BCUT2D eigenvalue weighted by molar-refractivity contribution is 9.10. The molecule has 1 spiro atoms. The van der Waals surface area contributed by atoms with Gasteiger partial charge in [-0.2, -0.15) is 0 Å². The summed E-state index contributed by atoms with van der Waals surface area (Å²) in [7, 11) is 1.48. The van der Waals surface area contributed by atoms with Crippen molar-refractivity contribution >= 4 is 44.3 Å². The van der Waals surface area contributed by atoms with Crippen LogP contribution >= 0.6 is 15.9 Å². The molecule has 3 aromatic carbocycles. The van der Waals surface area contributed by atoms with Crippen molar-refractivity contribution < 1.29 is 28.9 Å². The molecule has 1 amide bonds. The van der Waals surface area contributed by atoms with E-state index in [1.54, 1.807) is 30.3 Å². The van der Waals surface area contributed by atoms with E-state index >= 15 is 0 Å². The number of nitrogens with one attached hydrogen (secondary N) is 1. The first-order valence-corrected chi connectivity index (χ1v) is 10.9. The molecule has 33 heavy (non-hydrogen) atoms. The van der Waals surface area contributed by atoms with E-state index in [0.29, 0.717) is 26.5 Å². The van der Waals surface area contributed by atoms with Crippen LogP contribution in [-0.4, -0.2) is 37.3 Å². The maximum absolute atomic E-state index is 13.7. The third-order valence-electron chi connectivity index (χ3n) is 5.89. The van der Waals surface area contributed by atoms with Crippen LogP contribution in [0, 0.1) is 0 Å². The third kappa shape index (κ3) is 3.00. The van der Waals surface area contributed by atoms with Crippen LogP contribution in [0.3, 0.4) is 0 Å². The molecule has 8 nitrogen and oxygen atoms in total. The predicted octanol–water partition coefficient (Wildman–Crippen LogP) is 3.30. The quantitative estimate of drug-likeness (QED) is 0.363. The molecular formula is C24H19BrN2O6. The topological polar surface area (TPSA) is 120 Å². The third-order valence-corrected chi connectivity index (χ3v) is 6.38. The molecular weight excluding hydrogens is 492 g/mol. The van der Waals surface area contributed by atoms with E-state index in [0.717, 1.165) is 0 Å². The van der Waals surface area contributed by atoms with Gasteiger partial charge in [0, 0.05) is 28.2 Å². The molecule has 168 valence electrons. The zero-order valence-corrected chi connectivity index (χ0v) is 19.1. The van der Waals surface area contributed by atoms with Gasteiger partial charge in [0.25, 0.3) is 0 Å². The second-order valence-corrected chi connectivity index (χ2v) is 8.60. The van der Waals surface area contributed by atoms with E-state index in [-0.39, 0.29) is 41.7 Å². The van der Waals surface area contributed by atoms with Gasteiger partial charge in [0.15, 0.2) is 0 Å². The number of carbonyl (C=O) groups excluding carboxylic acids is 2. The fraction of sp³-hybridized carbons (Fsp3) is 0.167. The van der Waals surface area contributed by atoms with Crippen LogP contribution < -0.4 is 15.8 Å². The van der Waals surface area contributed by atoms with Gasteiger partial charge in [0.1, 0.15) is 29.1 Å². The fourth-order valence-electron chi connectivity index (χ4n) is 4.55. The van der Waals surface area contributed by atoms with E-state index in [4.69, 9.17) is 19.9 Å². The molecule has 2 aliphatic rings. The number of carbonyl (C=O) groups is 2. The zero-order valence-electron chi connectivity index (χ0n) is 17.5. The number of hydrogen-bond acceptors (Lipinski definition) is 7. The van der Waals surface area contributed by atoms with Gasteiger partial charge in [-0.1, -0.05) is 40.2 Å². The van der Waals surface area contributed by atoms with Gasteiger partial charge in [0.2, 0.25) is 11.8 Å². The lowest BCUT2D eigenvalue weighted by Crippen LogP contribution is -2.46. The monoisotopic (exact) mass is 510 g/mol. The molecule has 0 aromatic heterocycles. The number of rotatable bonds is 4. The first-order valence-electron chi connectivity index (χ1n) is 10.1. The van der Waals surface area contributed by atoms with Crippen molar-refractivity contribution in [2.24, 2.45) is 5.73 Å². The largest absolute Gasteiger partial charge is 0.507 e. The number of nitrogens with two attached hydrogens (primary N) is 1. The zero-order chi connectivity index (χ0) is 23.3. The maximum Gasteiger partial charge on any atom is 0.341 e. The van der Waals surface area contributed by atoms with Gasteiger partial charge < -0.3 is 30.4 Å². The summed E-state index contributed by atoms with van der Waals surface area (Å²) in [6, 6.07) is 14.0. The molecule has 0 saturated heterocycles. The van der Waals surface area contributed by atoms with Gasteiger partial charge in [-0.15, -0.1) is 0 Å². The van der Waals surface area contributed by atoms with Crippen LogP contribution in [0.2, 0.25) is 0 Å². The summed E-state index contributed by atoms with van der Waals surface area (Å²) in [6.45, 7) is 0.110. The summed E-state index contributed by atoms with van der Waals surface area (Å²) < 4.78 is 16.9. The minimum absolute atomic E-state index is 0.0499. The van der Waals surface area contributed by atoms with Crippen LogP contribution in [0.15, 0.2) is 64.5 Å². The summed E-state index contributed by atoms with van der Waals surface area (Å²) in [6.07, 6.45) is 0. The number of anilines is 1. The highest BCUT2D eigenvalue weighted by Gasteiger charge is 2.60. The van der Waals surface area contributed by atoms with Crippen molar-refractivity contribution in [3.05, 3.63) is 75.6 Å². The summed E-state index contributed by atoms with van der Waals surface area (Å²) in [5.41, 5.74) is 5.37. The normalized spacial score (nSPS) is 18.7. The number of phenolic OH excluding ortho intramolecular Hbond substituents is 1. The Morgan fingerprint density at radius 1 is 1.21 bits per heavy atom. The van der Waals surface area contributed by atoms with E-state index in [9.17, 15) is 14.7 Å². The van der Waals surface area contributed by atoms with Crippen molar-refractivity contribution in [3.8, 4) is 11.5 Å². The van der Waals surface area contributed by atoms with Gasteiger partial charge in [-0.3, -0.25) is 4.79 Å². The first kappa shape index (κ1) is 21.3. The first-order chi connectivity index (χ1) is 15.9. The molecule has 1 unspecified atom stereocenters. The molecule has 0 fully saturated rings.